The van der Waals surface area contributed by atoms with Crippen molar-refractivity contribution in [2.75, 3.05) is 5.73 Å². The van der Waals surface area contributed by atoms with Crippen LogP contribution in [0.1, 0.15) is 51.4 Å². The van der Waals surface area contributed by atoms with Crippen LogP contribution in [0.5, 0.6) is 5.75 Å². The first-order valence-electron chi connectivity index (χ1n) is 7.33. The van der Waals surface area contributed by atoms with Gasteiger partial charge in [0.15, 0.2) is 0 Å². The molecule has 0 spiro atoms. The number of nitrogen functional groups attached to an aromatic ring is 1. The minimum Gasteiger partial charge on any atom is -0.487 e. The van der Waals surface area contributed by atoms with Crippen LogP contribution in [0.4, 0.5) is 5.69 Å². The Morgan fingerprint density at radius 1 is 0.947 bits per heavy atom. The number of benzene rings is 1. The van der Waals surface area contributed by atoms with Crippen molar-refractivity contribution in [3.8, 4) is 5.75 Å². The van der Waals surface area contributed by atoms with Crippen LogP contribution in [0.25, 0.3) is 0 Å². The Hall–Kier alpha value is -0.890. The van der Waals surface area contributed by atoms with E-state index >= 15 is 0 Å². The number of ether oxygens (including phenoxy) is 1. The Bertz CT molecular complexity index is 392. The zero-order chi connectivity index (χ0) is 12.4. The maximum Gasteiger partial charge on any atom is 0.120 e. The van der Waals surface area contributed by atoms with E-state index in [1.54, 1.807) is 0 Å². The smallest absolute Gasteiger partial charge is 0.120 e. The summed E-state index contributed by atoms with van der Waals surface area (Å²) in [6.45, 7) is 0. The number of fused-ring (bicyclic) bond motifs is 1. The van der Waals surface area contributed by atoms with Gasteiger partial charge in [-0.05, 0) is 68.7 Å². The summed E-state index contributed by atoms with van der Waals surface area (Å²) in [4.78, 5) is 0. The van der Waals surface area contributed by atoms with Crippen molar-refractivity contribution in [2.45, 2.75) is 57.0 Å². The van der Waals surface area contributed by atoms with Gasteiger partial charge in [0, 0.05) is 5.69 Å². The minimum absolute atomic E-state index is 0. The molecule has 1 aromatic carbocycles. The molecule has 2 fully saturated rings. The van der Waals surface area contributed by atoms with Gasteiger partial charge in [-0.3, -0.25) is 0 Å². The van der Waals surface area contributed by atoms with E-state index in [0.29, 0.717) is 0 Å². The Morgan fingerprint density at radius 3 is 2.11 bits per heavy atom. The summed E-state index contributed by atoms with van der Waals surface area (Å²) in [7, 11) is 0. The Labute approximate surface area is 122 Å². The second-order valence-corrected chi connectivity index (χ2v) is 5.92. The average Bonchev–Trinajstić information content (AvgIpc) is 2.41. The molecule has 0 amide bonds. The molecule has 0 saturated heterocycles. The maximum absolute atomic E-state index is 6.45. The van der Waals surface area contributed by atoms with Crippen molar-refractivity contribution in [1.29, 1.82) is 0 Å². The third-order valence-corrected chi connectivity index (χ3v) is 4.75. The largest absolute Gasteiger partial charge is 0.487 e. The lowest BCUT2D eigenvalue weighted by Gasteiger charge is -2.47. The first-order chi connectivity index (χ1) is 8.78. The minimum atomic E-state index is 0. The zero-order valence-corrected chi connectivity index (χ0v) is 12.3. The van der Waals surface area contributed by atoms with Gasteiger partial charge in [-0.25, -0.2) is 0 Å². The van der Waals surface area contributed by atoms with Crippen LogP contribution >= 0.6 is 12.4 Å². The maximum atomic E-state index is 6.45. The third kappa shape index (κ3) is 3.00. The summed E-state index contributed by atoms with van der Waals surface area (Å²) in [5.41, 5.74) is 6.67. The van der Waals surface area contributed by atoms with Gasteiger partial charge in [-0.1, -0.05) is 12.8 Å². The Kier molecular flexibility index (Phi) is 4.62. The molecule has 1 aromatic rings. The molecule has 0 aliphatic heterocycles. The van der Waals surface area contributed by atoms with Gasteiger partial charge in [0.2, 0.25) is 0 Å². The van der Waals surface area contributed by atoms with Crippen LogP contribution in [-0.4, -0.2) is 5.60 Å². The highest BCUT2D eigenvalue weighted by Gasteiger charge is 2.44. The molecule has 0 heterocycles. The molecule has 2 N–H and O–H groups in total. The number of rotatable bonds is 2. The van der Waals surface area contributed by atoms with E-state index in [0.717, 1.165) is 17.4 Å². The molecule has 19 heavy (non-hydrogen) atoms. The molecule has 3 rings (SSSR count). The molecule has 106 valence electrons. The normalized spacial score (nSPS) is 30.0. The van der Waals surface area contributed by atoms with E-state index in [2.05, 4.69) is 0 Å². The number of nitrogens with two attached hydrogens (primary N) is 1. The van der Waals surface area contributed by atoms with Gasteiger partial charge in [0.05, 0.1) is 0 Å². The van der Waals surface area contributed by atoms with Crippen molar-refractivity contribution < 1.29 is 4.74 Å². The zero-order valence-electron chi connectivity index (χ0n) is 11.4. The first-order valence-corrected chi connectivity index (χ1v) is 7.33. The highest BCUT2D eigenvalue weighted by molar-refractivity contribution is 5.85. The second kappa shape index (κ2) is 6.04. The number of halogens is 1. The van der Waals surface area contributed by atoms with Crippen molar-refractivity contribution >= 4 is 18.1 Å². The monoisotopic (exact) mass is 281 g/mol. The number of anilines is 1. The quantitative estimate of drug-likeness (QED) is 0.806. The summed E-state index contributed by atoms with van der Waals surface area (Å²) < 4.78 is 6.45. The van der Waals surface area contributed by atoms with Crippen LogP contribution in [0.15, 0.2) is 24.3 Å². The average molecular weight is 282 g/mol. The van der Waals surface area contributed by atoms with Crippen LogP contribution < -0.4 is 10.5 Å². The molecule has 0 unspecified atom stereocenters. The van der Waals surface area contributed by atoms with E-state index in [9.17, 15) is 0 Å². The fourth-order valence-corrected chi connectivity index (χ4v) is 3.79. The summed E-state index contributed by atoms with van der Waals surface area (Å²) in [5.74, 6) is 1.77. The number of hydrogen-bond donors (Lipinski definition) is 1. The van der Waals surface area contributed by atoms with E-state index in [1.807, 2.05) is 24.3 Å². The van der Waals surface area contributed by atoms with Gasteiger partial charge >= 0.3 is 0 Å². The summed E-state index contributed by atoms with van der Waals surface area (Å²) in [6, 6.07) is 7.91. The van der Waals surface area contributed by atoms with Gasteiger partial charge in [-0.2, -0.15) is 0 Å². The van der Waals surface area contributed by atoms with Crippen LogP contribution in [-0.2, 0) is 0 Å². The molecule has 2 aliphatic rings. The van der Waals surface area contributed by atoms with Crippen molar-refractivity contribution in [3.05, 3.63) is 24.3 Å². The molecular weight excluding hydrogens is 258 g/mol. The molecule has 2 aliphatic carbocycles. The van der Waals surface area contributed by atoms with Crippen molar-refractivity contribution in [2.24, 2.45) is 5.92 Å². The SMILES string of the molecule is Cl.Nc1ccc(OC23CCCCC2CCCC3)cc1. The summed E-state index contributed by atoms with van der Waals surface area (Å²) in [6.07, 6.45) is 10.6. The first kappa shape index (κ1) is 14.5. The lowest BCUT2D eigenvalue weighted by molar-refractivity contribution is -0.0523. The lowest BCUT2D eigenvalue weighted by Crippen LogP contribution is -2.48. The van der Waals surface area contributed by atoms with E-state index in [1.165, 1.54) is 51.4 Å². The predicted octanol–water partition coefficient (Wildman–Crippen LogP) is 4.57. The van der Waals surface area contributed by atoms with E-state index in [4.69, 9.17) is 10.5 Å². The molecule has 2 nitrogen and oxygen atoms in total. The van der Waals surface area contributed by atoms with Gasteiger partial charge in [0.25, 0.3) is 0 Å². The molecule has 0 radical (unpaired) electrons. The Morgan fingerprint density at radius 2 is 1.53 bits per heavy atom. The van der Waals surface area contributed by atoms with Crippen molar-refractivity contribution in [1.82, 2.24) is 0 Å². The van der Waals surface area contributed by atoms with Crippen LogP contribution in [0.3, 0.4) is 0 Å². The standard InChI is InChI=1S/C16H23NO.ClH/c17-14-7-9-15(10-8-14)18-16-11-3-1-5-13(16)6-2-4-12-16;/h7-10,13H,1-6,11-12,17H2;1H. The van der Waals surface area contributed by atoms with Crippen molar-refractivity contribution in [3.63, 3.8) is 0 Å². The second-order valence-electron chi connectivity index (χ2n) is 5.92. The Balaban J connectivity index is 0.00000133. The molecule has 0 bridgehead atoms. The highest BCUT2D eigenvalue weighted by atomic mass is 35.5. The fraction of sp³-hybridized carbons (Fsp3) is 0.625. The summed E-state index contributed by atoms with van der Waals surface area (Å²) in [5, 5.41) is 0. The van der Waals surface area contributed by atoms with Gasteiger partial charge in [0.1, 0.15) is 11.4 Å². The van der Waals surface area contributed by atoms with Crippen LogP contribution in [0.2, 0.25) is 0 Å². The highest BCUT2D eigenvalue weighted by Crippen LogP contribution is 2.46. The fourth-order valence-electron chi connectivity index (χ4n) is 3.79. The molecule has 0 atom stereocenters. The lowest BCUT2D eigenvalue weighted by atomic mass is 9.67. The molecular formula is C16H24ClNO. The molecule has 2 saturated carbocycles. The van der Waals surface area contributed by atoms with Gasteiger partial charge in [-0.15, -0.1) is 12.4 Å². The number of hydrogen-bond acceptors (Lipinski definition) is 2. The predicted molar refractivity (Wildman–Crippen MR) is 81.9 cm³/mol. The summed E-state index contributed by atoms with van der Waals surface area (Å²) >= 11 is 0. The van der Waals surface area contributed by atoms with E-state index < -0.39 is 0 Å². The van der Waals surface area contributed by atoms with E-state index in [-0.39, 0.29) is 18.0 Å². The van der Waals surface area contributed by atoms with Crippen LogP contribution in [0, 0.1) is 5.92 Å². The molecule has 3 heteroatoms. The third-order valence-electron chi connectivity index (χ3n) is 4.75. The molecule has 0 aromatic heterocycles. The van der Waals surface area contributed by atoms with Gasteiger partial charge < -0.3 is 10.5 Å². The topological polar surface area (TPSA) is 35.2 Å².